The van der Waals surface area contributed by atoms with Gasteiger partial charge in [-0.25, -0.2) is 0 Å². The highest BCUT2D eigenvalue weighted by molar-refractivity contribution is 6.31. The Labute approximate surface area is 159 Å². The molecular weight excluding hydrogens is 348 g/mol. The molecule has 26 heavy (non-hydrogen) atoms. The van der Waals surface area contributed by atoms with Crippen molar-refractivity contribution in [2.75, 3.05) is 19.6 Å². The maximum absolute atomic E-state index is 13.3. The Morgan fingerprint density at radius 2 is 2.19 bits per heavy atom. The van der Waals surface area contributed by atoms with Gasteiger partial charge in [0.2, 0.25) is 5.91 Å². The van der Waals surface area contributed by atoms with Crippen molar-refractivity contribution in [3.8, 4) is 0 Å². The molecule has 2 aliphatic rings. The summed E-state index contributed by atoms with van der Waals surface area (Å²) in [4.78, 5) is 15.5. The van der Waals surface area contributed by atoms with Crippen LogP contribution in [0, 0.1) is 5.92 Å². The summed E-state index contributed by atoms with van der Waals surface area (Å²) in [6.45, 7) is 2.43. The average molecular weight is 373 g/mol. The van der Waals surface area contributed by atoms with Crippen LogP contribution in [0.25, 0.3) is 0 Å². The van der Waals surface area contributed by atoms with E-state index in [1.165, 1.54) is 0 Å². The second-order valence-corrected chi connectivity index (χ2v) is 7.85. The van der Waals surface area contributed by atoms with E-state index in [9.17, 15) is 4.79 Å². The molecule has 0 radical (unpaired) electrons. The number of aryl methyl sites for hydroxylation is 1. The van der Waals surface area contributed by atoms with Gasteiger partial charge in [0, 0.05) is 49.9 Å². The monoisotopic (exact) mass is 372 g/mol. The van der Waals surface area contributed by atoms with Gasteiger partial charge in [-0.15, -0.1) is 0 Å². The lowest BCUT2D eigenvalue weighted by atomic mass is 9.89. The highest BCUT2D eigenvalue weighted by atomic mass is 35.5. The maximum atomic E-state index is 13.3. The SMILES string of the molecule is Cn1cc([C@H]2CNC[C@@H]2C(=O)N2CCCC2Cc2ccccc2Cl)cn1. The number of carbonyl (C=O) groups is 1. The van der Waals surface area contributed by atoms with Crippen LogP contribution >= 0.6 is 11.6 Å². The first-order valence-electron chi connectivity index (χ1n) is 9.36. The van der Waals surface area contributed by atoms with Gasteiger partial charge in [0.1, 0.15) is 0 Å². The zero-order valence-corrected chi connectivity index (χ0v) is 15.8. The minimum absolute atomic E-state index is 0.00829. The Morgan fingerprint density at radius 3 is 2.96 bits per heavy atom. The van der Waals surface area contributed by atoms with Crippen LogP contribution in [0.3, 0.4) is 0 Å². The number of halogens is 1. The molecule has 2 fully saturated rings. The van der Waals surface area contributed by atoms with E-state index in [1.54, 1.807) is 0 Å². The highest BCUT2D eigenvalue weighted by Crippen LogP contribution is 2.33. The average Bonchev–Trinajstić information content (AvgIpc) is 3.36. The summed E-state index contributed by atoms with van der Waals surface area (Å²) in [5.41, 5.74) is 2.28. The van der Waals surface area contributed by atoms with Crippen LogP contribution in [0.4, 0.5) is 0 Å². The van der Waals surface area contributed by atoms with Gasteiger partial charge < -0.3 is 10.2 Å². The molecule has 3 atom stereocenters. The van der Waals surface area contributed by atoms with Gasteiger partial charge in [0.25, 0.3) is 0 Å². The van der Waals surface area contributed by atoms with Crippen LogP contribution < -0.4 is 5.32 Å². The molecule has 1 N–H and O–H groups in total. The highest BCUT2D eigenvalue weighted by Gasteiger charge is 2.40. The van der Waals surface area contributed by atoms with E-state index in [4.69, 9.17) is 11.6 Å². The predicted octanol–water partition coefficient (Wildman–Crippen LogP) is 2.61. The van der Waals surface area contributed by atoms with E-state index in [0.29, 0.717) is 0 Å². The van der Waals surface area contributed by atoms with Gasteiger partial charge in [0.15, 0.2) is 0 Å². The third kappa shape index (κ3) is 3.38. The van der Waals surface area contributed by atoms with Crippen molar-refractivity contribution >= 4 is 17.5 Å². The van der Waals surface area contributed by atoms with Crippen molar-refractivity contribution in [1.29, 1.82) is 0 Å². The molecule has 1 unspecified atom stereocenters. The van der Waals surface area contributed by atoms with Crippen molar-refractivity contribution in [3.05, 3.63) is 52.8 Å². The van der Waals surface area contributed by atoms with Gasteiger partial charge >= 0.3 is 0 Å². The lowest BCUT2D eigenvalue weighted by Crippen LogP contribution is -2.42. The van der Waals surface area contributed by atoms with Gasteiger partial charge in [-0.1, -0.05) is 29.8 Å². The molecule has 138 valence electrons. The van der Waals surface area contributed by atoms with E-state index in [-0.39, 0.29) is 23.8 Å². The van der Waals surface area contributed by atoms with Crippen molar-refractivity contribution < 1.29 is 4.79 Å². The van der Waals surface area contributed by atoms with Crippen LogP contribution in [0.15, 0.2) is 36.7 Å². The number of hydrogen-bond donors (Lipinski definition) is 1. The first kappa shape index (κ1) is 17.6. The number of amides is 1. The molecule has 0 aliphatic carbocycles. The van der Waals surface area contributed by atoms with Crippen LogP contribution in [-0.2, 0) is 18.3 Å². The molecule has 0 bridgehead atoms. The van der Waals surface area contributed by atoms with Crippen molar-refractivity contribution in [3.63, 3.8) is 0 Å². The number of likely N-dealkylation sites (tertiary alicyclic amines) is 1. The first-order chi connectivity index (χ1) is 12.6. The largest absolute Gasteiger partial charge is 0.339 e. The summed E-state index contributed by atoms with van der Waals surface area (Å²) in [7, 11) is 1.92. The van der Waals surface area contributed by atoms with Crippen molar-refractivity contribution in [1.82, 2.24) is 20.0 Å². The third-order valence-corrected chi connectivity index (χ3v) is 6.13. The molecule has 1 aromatic carbocycles. The van der Waals surface area contributed by atoms with Crippen molar-refractivity contribution in [2.24, 2.45) is 13.0 Å². The summed E-state index contributed by atoms with van der Waals surface area (Å²) >= 11 is 6.34. The molecule has 0 spiro atoms. The van der Waals surface area contributed by atoms with E-state index >= 15 is 0 Å². The third-order valence-electron chi connectivity index (χ3n) is 5.76. The molecular formula is C20H25ClN4O. The topological polar surface area (TPSA) is 50.2 Å². The predicted molar refractivity (Wildman–Crippen MR) is 102 cm³/mol. The van der Waals surface area contributed by atoms with E-state index in [1.807, 2.05) is 42.3 Å². The number of carbonyl (C=O) groups excluding carboxylic acids is 1. The first-order valence-corrected chi connectivity index (χ1v) is 9.74. The standard InChI is InChI=1S/C20H25ClN4O/c1-24-13-15(10-23-24)17-11-22-12-18(17)20(26)25-8-4-6-16(25)9-14-5-2-3-7-19(14)21/h2-3,5,7,10,13,16-18,22H,4,6,8-9,11-12H2,1H3/t16?,17-,18+/m1/s1. The molecule has 4 rings (SSSR count). The fourth-order valence-corrected chi connectivity index (χ4v) is 4.60. The Balaban J connectivity index is 1.50. The zero-order valence-electron chi connectivity index (χ0n) is 15.1. The summed E-state index contributed by atoms with van der Waals surface area (Å²) < 4.78 is 1.81. The fraction of sp³-hybridized carbons (Fsp3) is 0.500. The lowest BCUT2D eigenvalue weighted by Gasteiger charge is -2.29. The molecule has 1 aromatic heterocycles. The van der Waals surface area contributed by atoms with Gasteiger partial charge in [-0.3, -0.25) is 9.48 Å². The molecule has 5 nitrogen and oxygen atoms in total. The molecule has 1 amide bonds. The smallest absolute Gasteiger partial charge is 0.227 e. The summed E-state index contributed by atoms with van der Waals surface area (Å²) in [6.07, 6.45) is 6.88. The Morgan fingerprint density at radius 1 is 1.35 bits per heavy atom. The van der Waals surface area contributed by atoms with E-state index < -0.39 is 0 Å². The minimum Gasteiger partial charge on any atom is -0.339 e. The number of benzene rings is 1. The number of aromatic nitrogens is 2. The van der Waals surface area contributed by atoms with Crippen LogP contribution in [-0.4, -0.2) is 46.3 Å². The number of hydrogen-bond acceptors (Lipinski definition) is 3. The molecule has 0 saturated carbocycles. The normalized spacial score (nSPS) is 25.8. The summed E-state index contributed by atoms with van der Waals surface area (Å²) in [5, 5.41) is 8.48. The minimum atomic E-state index is -0.00829. The fourth-order valence-electron chi connectivity index (χ4n) is 4.39. The molecule has 2 aliphatic heterocycles. The second kappa shape index (κ2) is 7.41. The van der Waals surface area contributed by atoms with Crippen LogP contribution in [0.2, 0.25) is 5.02 Å². The Kier molecular flexibility index (Phi) is 5.00. The lowest BCUT2D eigenvalue weighted by molar-refractivity contribution is -0.136. The number of rotatable bonds is 4. The Bertz CT molecular complexity index is 790. The molecule has 2 saturated heterocycles. The van der Waals surface area contributed by atoms with Gasteiger partial charge in [-0.05, 0) is 36.5 Å². The van der Waals surface area contributed by atoms with E-state index in [0.717, 1.165) is 55.0 Å². The number of nitrogens with one attached hydrogen (secondary N) is 1. The summed E-state index contributed by atoms with van der Waals surface area (Å²) in [5.74, 6) is 0.474. The number of nitrogens with zero attached hydrogens (tertiary/aromatic N) is 3. The maximum Gasteiger partial charge on any atom is 0.227 e. The van der Waals surface area contributed by atoms with Gasteiger partial charge in [-0.2, -0.15) is 5.10 Å². The van der Waals surface area contributed by atoms with Gasteiger partial charge in [0.05, 0.1) is 12.1 Å². The van der Waals surface area contributed by atoms with Crippen LogP contribution in [0.1, 0.15) is 29.9 Å². The van der Waals surface area contributed by atoms with Crippen molar-refractivity contribution in [2.45, 2.75) is 31.2 Å². The molecule has 6 heteroatoms. The van der Waals surface area contributed by atoms with E-state index in [2.05, 4.69) is 21.4 Å². The Hall–Kier alpha value is -1.85. The quantitative estimate of drug-likeness (QED) is 0.897. The molecule has 3 heterocycles. The summed E-state index contributed by atoms with van der Waals surface area (Å²) in [6, 6.07) is 8.21. The zero-order chi connectivity index (χ0) is 18.1. The van der Waals surface area contributed by atoms with Crippen LogP contribution in [0.5, 0.6) is 0 Å². The second-order valence-electron chi connectivity index (χ2n) is 7.44. The molecule has 2 aromatic rings.